The first-order valence-electron chi connectivity index (χ1n) is 9.82. The number of hydrogen-bond donors (Lipinski definition) is 0. The third-order valence-corrected chi connectivity index (χ3v) is 6.68. The Balaban J connectivity index is 1.60. The summed E-state index contributed by atoms with van der Waals surface area (Å²) in [5, 5.41) is 0. The summed E-state index contributed by atoms with van der Waals surface area (Å²) in [7, 11) is 5.66. The maximum atomic E-state index is 13.3. The lowest BCUT2D eigenvalue weighted by atomic mass is 9.67. The quantitative estimate of drug-likeness (QED) is 0.826. The number of fused-ring (bicyclic) bond motifs is 2. The molecule has 1 amide bonds. The number of aromatic nitrogens is 2. The van der Waals surface area contributed by atoms with Gasteiger partial charge in [0.05, 0.1) is 17.7 Å². The number of aryl methyl sites for hydroxylation is 1. The molecule has 0 N–H and O–H groups in total. The second-order valence-corrected chi connectivity index (χ2v) is 8.62. The van der Waals surface area contributed by atoms with E-state index in [2.05, 4.69) is 9.88 Å². The van der Waals surface area contributed by atoms with Gasteiger partial charge in [-0.1, -0.05) is 6.42 Å². The van der Waals surface area contributed by atoms with Crippen LogP contribution in [-0.2, 0) is 21.4 Å². The average Bonchev–Trinajstić information content (AvgIpc) is 2.95. The Kier molecular flexibility index (Phi) is 4.41. The Morgan fingerprint density at radius 2 is 2.08 bits per heavy atom. The van der Waals surface area contributed by atoms with E-state index in [9.17, 15) is 4.79 Å². The van der Waals surface area contributed by atoms with E-state index in [-0.39, 0.29) is 10.8 Å². The number of anilines is 1. The Hall–Kier alpha value is -1.69. The van der Waals surface area contributed by atoms with Gasteiger partial charge in [-0.05, 0) is 44.1 Å². The molecule has 1 saturated heterocycles. The van der Waals surface area contributed by atoms with Crippen LogP contribution in [-0.4, -0.2) is 61.7 Å². The van der Waals surface area contributed by atoms with E-state index < -0.39 is 0 Å². The fraction of sp³-hybridized carbons (Fsp3) is 0.750. The molecule has 0 bridgehead atoms. The van der Waals surface area contributed by atoms with Crippen LogP contribution in [0.1, 0.15) is 49.8 Å². The Bertz CT molecular complexity index is 697. The van der Waals surface area contributed by atoms with Crippen molar-refractivity contribution in [3.8, 4) is 0 Å². The summed E-state index contributed by atoms with van der Waals surface area (Å²) in [6.07, 6.45) is 9.32. The third-order valence-electron chi connectivity index (χ3n) is 6.68. The van der Waals surface area contributed by atoms with Crippen LogP contribution in [0, 0.1) is 5.41 Å². The highest BCUT2D eigenvalue weighted by Crippen LogP contribution is 2.47. The van der Waals surface area contributed by atoms with E-state index in [4.69, 9.17) is 9.72 Å². The van der Waals surface area contributed by atoms with Crippen LogP contribution in [0.4, 0.5) is 5.95 Å². The molecule has 1 saturated carbocycles. The minimum Gasteiger partial charge on any atom is -0.384 e. The van der Waals surface area contributed by atoms with Crippen molar-refractivity contribution in [2.75, 3.05) is 45.8 Å². The van der Waals surface area contributed by atoms with E-state index in [0.717, 1.165) is 64.0 Å². The molecule has 6 heteroatoms. The van der Waals surface area contributed by atoms with Gasteiger partial charge in [-0.15, -0.1) is 0 Å². The minimum absolute atomic E-state index is 0.00888. The van der Waals surface area contributed by atoms with Gasteiger partial charge in [-0.3, -0.25) is 4.79 Å². The van der Waals surface area contributed by atoms with Crippen molar-refractivity contribution >= 4 is 11.9 Å². The van der Waals surface area contributed by atoms with E-state index in [1.54, 1.807) is 7.11 Å². The molecule has 4 rings (SSSR count). The molecule has 1 aliphatic heterocycles. The number of hydrogen-bond acceptors (Lipinski definition) is 5. The SMILES string of the molecule is COCC1(C(=O)N2CCCC3(CCc4cnc(N(C)C)nc43)C2)CCC1. The number of rotatable bonds is 4. The Labute approximate surface area is 155 Å². The largest absolute Gasteiger partial charge is 0.384 e. The van der Waals surface area contributed by atoms with Crippen molar-refractivity contribution in [1.82, 2.24) is 14.9 Å². The fourth-order valence-corrected chi connectivity index (χ4v) is 5.09. The van der Waals surface area contributed by atoms with Gasteiger partial charge < -0.3 is 14.5 Å². The van der Waals surface area contributed by atoms with Gasteiger partial charge in [0.1, 0.15) is 0 Å². The number of likely N-dealkylation sites (tertiary alicyclic amines) is 1. The van der Waals surface area contributed by atoms with Gasteiger partial charge in [0, 0.05) is 45.9 Å². The predicted molar refractivity (Wildman–Crippen MR) is 100 cm³/mol. The second kappa shape index (κ2) is 6.48. The van der Waals surface area contributed by atoms with Crippen LogP contribution in [0.3, 0.4) is 0 Å². The van der Waals surface area contributed by atoms with Crippen LogP contribution in [0.15, 0.2) is 6.20 Å². The Morgan fingerprint density at radius 1 is 1.27 bits per heavy atom. The lowest BCUT2D eigenvalue weighted by Crippen LogP contribution is -2.56. The first-order valence-corrected chi connectivity index (χ1v) is 9.82. The summed E-state index contributed by atoms with van der Waals surface area (Å²) in [5.74, 6) is 1.07. The van der Waals surface area contributed by atoms with E-state index in [0.29, 0.717) is 12.5 Å². The molecule has 1 aromatic heterocycles. The van der Waals surface area contributed by atoms with Gasteiger partial charge in [0.25, 0.3) is 0 Å². The summed E-state index contributed by atoms with van der Waals surface area (Å²) < 4.78 is 5.40. The van der Waals surface area contributed by atoms with E-state index >= 15 is 0 Å². The van der Waals surface area contributed by atoms with Crippen molar-refractivity contribution in [2.24, 2.45) is 5.41 Å². The summed E-state index contributed by atoms with van der Waals surface area (Å²) in [4.78, 5) is 26.8. The number of carbonyl (C=O) groups is 1. The summed E-state index contributed by atoms with van der Waals surface area (Å²) in [6.45, 7) is 2.22. The van der Waals surface area contributed by atoms with Crippen LogP contribution in [0.2, 0.25) is 0 Å². The zero-order valence-electron chi connectivity index (χ0n) is 16.3. The zero-order valence-corrected chi connectivity index (χ0v) is 16.3. The van der Waals surface area contributed by atoms with Crippen LogP contribution in [0.25, 0.3) is 0 Å². The van der Waals surface area contributed by atoms with Crippen molar-refractivity contribution < 1.29 is 9.53 Å². The first-order chi connectivity index (χ1) is 12.5. The summed E-state index contributed by atoms with van der Waals surface area (Å²) >= 11 is 0. The number of piperidine rings is 1. The van der Waals surface area contributed by atoms with Gasteiger partial charge in [0.15, 0.2) is 0 Å². The smallest absolute Gasteiger partial charge is 0.231 e. The molecule has 2 aliphatic carbocycles. The lowest BCUT2D eigenvalue weighted by Gasteiger charge is -2.47. The van der Waals surface area contributed by atoms with Gasteiger partial charge in [-0.2, -0.15) is 0 Å². The number of methoxy groups -OCH3 is 1. The lowest BCUT2D eigenvalue weighted by molar-refractivity contribution is -0.154. The maximum Gasteiger partial charge on any atom is 0.231 e. The molecule has 6 nitrogen and oxygen atoms in total. The second-order valence-electron chi connectivity index (χ2n) is 8.62. The highest BCUT2D eigenvalue weighted by molar-refractivity contribution is 5.84. The summed E-state index contributed by atoms with van der Waals surface area (Å²) in [6, 6.07) is 0. The molecule has 1 atom stereocenters. The van der Waals surface area contributed by atoms with Crippen molar-refractivity contribution in [3.05, 3.63) is 17.5 Å². The number of ether oxygens (including phenoxy) is 1. The molecular weight excluding hydrogens is 328 g/mol. The van der Waals surface area contributed by atoms with Crippen molar-refractivity contribution in [1.29, 1.82) is 0 Å². The molecule has 26 heavy (non-hydrogen) atoms. The number of nitrogens with zero attached hydrogens (tertiary/aromatic N) is 4. The standard InChI is InChI=1S/C20H30N4O2/c1-23(2)18-21-12-15-6-10-19(16(15)22-18)9-5-11-24(13-19)17(25)20(14-26-3)7-4-8-20/h12H,4-11,13-14H2,1-3H3. The normalized spacial score (nSPS) is 26.5. The van der Waals surface area contributed by atoms with Crippen LogP contribution >= 0.6 is 0 Å². The highest BCUT2D eigenvalue weighted by atomic mass is 16.5. The average molecular weight is 358 g/mol. The van der Waals surface area contributed by atoms with E-state index in [1.807, 2.05) is 25.2 Å². The molecule has 142 valence electrons. The molecule has 2 heterocycles. The number of carbonyl (C=O) groups excluding carboxylic acids is 1. The first kappa shape index (κ1) is 17.7. The van der Waals surface area contributed by atoms with Crippen LogP contribution in [0.5, 0.6) is 0 Å². The topological polar surface area (TPSA) is 58.6 Å². The number of amides is 1. The molecule has 0 aromatic carbocycles. The third kappa shape index (κ3) is 2.70. The molecular formula is C20H30N4O2. The molecule has 1 aromatic rings. The monoisotopic (exact) mass is 358 g/mol. The highest BCUT2D eigenvalue weighted by Gasteiger charge is 2.50. The molecule has 2 fully saturated rings. The zero-order chi connectivity index (χ0) is 18.4. The van der Waals surface area contributed by atoms with E-state index in [1.165, 1.54) is 11.3 Å². The molecule has 1 spiro atoms. The molecule has 3 aliphatic rings. The molecule has 0 radical (unpaired) electrons. The Morgan fingerprint density at radius 3 is 2.73 bits per heavy atom. The van der Waals surface area contributed by atoms with Gasteiger partial charge in [-0.25, -0.2) is 9.97 Å². The molecule has 1 unspecified atom stereocenters. The fourth-order valence-electron chi connectivity index (χ4n) is 5.09. The van der Waals surface area contributed by atoms with Gasteiger partial charge in [0.2, 0.25) is 11.9 Å². The predicted octanol–water partition coefficient (Wildman–Crippen LogP) is 2.17. The van der Waals surface area contributed by atoms with Crippen molar-refractivity contribution in [2.45, 2.75) is 50.4 Å². The van der Waals surface area contributed by atoms with Crippen LogP contribution < -0.4 is 4.90 Å². The minimum atomic E-state index is -0.269. The van der Waals surface area contributed by atoms with Crippen molar-refractivity contribution in [3.63, 3.8) is 0 Å². The summed E-state index contributed by atoms with van der Waals surface area (Å²) in [5.41, 5.74) is 2.19. The van der Waals surface area contributed by atoms with Gasteiger partial charge >= 0.3 is 0 Å². The maximum absolute atomic E-state index is 13.3.